The number of hydrogen-bond donors (Lipinski definition) is 2. The Labute approximate surface area is 104 Å². The quantitative estimate of drug-likeness (QED) is 0.448. The van der Waals surface area contributed by atoms with Crippen molar-refractivity contribution in [3.05, 3.63) is 23.8 Å². The molecule has 0 fully saturated rings. The van der Waals surface area contributed by atoms with Gasteiger partial charge in [-0.15, -0.1) is 6.58 Å². The van der Waals surface area contributed by atoms with Crippen molar-refractivity contribution in [2.45, 2.75) is 31.9 Å². The SMILES string of the molecule is C=CCNCC1CC(C)=C(C)CC1S(=O)(=O)O. The van der Waals surface area contributed by atoms with Crippen LogP contribution in [-0.2, 0) is 10.1 Å². The molecule has 5 heteroatoms. The molecule has 1 aliphatic carbocycles. The molecule has 0 saturated heterocycles. The zero-order valence-electron chi connectivity index (χ0n) is 10.4. The largest absolute Gasteiger partial charge is 0.313 e. The molecule has 0 spiro atoms. The molecule has 2 atom stereocenters. The van der Waals surface area contributed by atoms with Crippen LogP contribution in [0, 0.1) is 5.92 Å². The molecule has 98 valence electrons. The summed E-state index contributed by atoms with van der Waals surface area (Å²) in [5.74, 6) is -0.0614. The van der Waals surface area contributed by atoms with Crippen LogP contribution in [0.2, 0.25) is 0 Å². The smallest absolute Gasteiger partial charge is 0.268 e. The molecular formula is C12H21NO3S. The molecule has 0 amide bonds. The highest BCUT2D eigenvalue weighted by molar-refractivity contribution is 7.86. The maximum Gasteiger partial charge on any atom is 0.268 e. The van der Waals surface area contributed by atoms with Gasteiger partial charge in [0.1, 0.15) is 0 Å². The molecule has 0 aliphatic heterocycles. The molecule has 0 radical (unpaired) electrons. The minimum absolute atomic E-state index is 0.0614. The Hall–Kier alpha value is -0.650. The molecule has 2 unspecified atom stereocenters. The molecule has 0 aromatic carbocycles. The van der Waals surface area contributed by atoms with Gasteiger partial charge in [-0.3, -0.25) is 4.55 Å². The number of hydrogen-bond acceptors (Lipinski definition) is 3. The average Bonchev–Trinajstić information content (AvgIpc) is 2.21. The molecular weight excluding hydrogens is 238 g/mol. The van der Waals surface area contributed by atoms with Gasteiger partial charge in [0, 0.05) is 6.54 Å². The molecule has 4 nitrogen and oxygen atoms in total. The molecule has 0 aromatic rings. The van der Waals surface area contributed by atoms with Crippen molar-refractivity contribution in [1.29, 1.82) is 0 Å². The molecule has 1 rings (SSSR count). The molecule has 0 bridgehead atoms. The van der Waals surface area contributed by atoms with Gasteiger partial charge >= 0.3 is 0 Å². The van der Waals surface area contributed by atoms with Crippen molar-refractivity contribution >= 4 is 10.1 Å². The van der Waals surface area contributed by atoms with Gasteiger partial charge in [0.25, 0.3) is 10.1 Å². The van der Waals surface area contributed by atoms with Crippen molar-refractivity contribution in [1.82, 2.24) is 5.32 Å². The van der Waals surface area contributed by atoms with E-state index in [1.807, 2.05) is 13.8 Å². The minimum Gasteiger partial charge on any atom is -0.313 e. The van der Waals surface area contributed by atoms with E-state index in [-0.39, 0.29) is 5.92 Å². The standard InChI is InChI=1S/C12H21NO3S/c1-4-5-13-8-11-6-9(2)10(3)7-12(11)17(14,15)16/h4,11-13H,1,5-8H2,2-3H3,(H,14,15,16). The molecule has 2 N–H and O–H groups in total. The third-order valence-electron chi connectivity index (χ3n) is 3.41. The van der Waals surface area contributed by atoms with Gasteiger partial charge < -0.3 is 5.32 Å². The first kappa shape index (κ1) is 14.4. The first-order valence-corrected chi connectivity index (χ1v) is 7.29. The summed E-state index contributed by atoms with van der Waals surface area (Å²) in [5, 5.41) is 2.45. The fourth-order valence-electron chi connectivity index (χ4n) is 2.26. The van der Waals surface area contributed by atoms with Gasteiger partial charge in [-0.05, 0) is 39.2 Å². The van der Waals surface area contributed by atoms with Crippen LogP contribution in [0.4, 0.5) is 0 Å². The Morgan fingerprint density at radius 1 is 1.41 bits per heavy atom. The summed E-state index contributed by atoms with van der Waals surface area (Å²) in [5.41, 5.74) is 2.31. The number of allylic oxidation sites excluding steroid dienone is 2. The second kappa shape index (κ2) is 5.80. The average molecular weight is 259 g/mol. The van der Waals surface area contributed by atoms with E-state index in [2.05, 4.69) is 11.9 Å². The Morgan fingerprint density at radius 3 is 2.53 bits per heavy atom. The summed E-state index contributed by atoms with van der Waals surface area (Å²) >= 11 is 0. The van der Waals surface area contributed by atoms with Crippen LogP contribution < -0.4 is 5.32 Å². The van der Waals surface area contributed by atoms with Gasteiger partial charge in [-0.2, -0.15) is 8.42 Å². The van der Waals surface area contributed by atoms with E-state index in [0.717, 1.165) is 12.0 Å². The lowest BCUT2D eigenvalue weighted by molar-refractivity contribution is 0.388. The zero-order valence-corrected chi connectivity index (χ0v) is 11.3. The van der Waals surface area contributed by atoms with Crippen molar-refractivity contribution in [3.8, 4) is 0 Å². The Morgan fingerprint density at radius 2 is 2.00 bits per heavy atom. The summed E-state index contributed by atoms with van der Waals surface area (Å²) in [7, 11) is -3.97. The van der Waals surface area contributed by atoms with E-state index in [1.165, 1.54) is 5.57 Å². The minimum atomic E-state index is -3.97. The lowest BCUT2D eigenvalue weighted by Crippen LogP contribution is -2.39. The normalized spacial score (nSPS) is 26.1. The van der Waals surface area contributed by atoms with Gasteiger partial charge in [0.15, 0.2) is 0 Å². The van der Waals surface area contributed by atoms with E-state index in [4.69, 9.17) is 0 Å². The molecule has 1 aliphatic rings. The topological polar surface area (TPSA) is 66.4 Å². The van der Waals surface area contributed by atoms with Crippen LogP contribution in [0.5, 0.6) is 0 Å². The fraction of sp³-hybridized carbons (Fsp3) is 0.667. The second-order valence-electron chi connectivity index (χ2n) is 4.73. The second-order valence-corrected chi connectivity index (χ2v) is 6.36. The predicted molar refractivity (Wildman–Crippen MR) is 69.5 cm³/mol. The predicted octanol–water partition coefficient (Wildman–Crippen LogP) is 1.76. The Balaban J connectivity index is 2.80. The molecule has 0 aromatic heterocycles. The van der Waals surface area contributed by atoms with Gasteiger partial charge in [-0.1, -0.05) is 17.2 Å². The number of rotatable bonds is 5. The van der Waals surface area contributed by atoms with E-state index in [1.54, 1.807) is 6.08 Å². The van der Waals surface area contributed by atoms with Crippen LogP contribution in [0.3, 0.4) is 0 Å². The first-order chi connectivity index (χ1) is 7.86. The highest BCUT2D eigenvalue weighted by Gasteiger charge is 2.35. The highest BCUT2D eigenvalue weighted by Crippen LogP contribution is 2.32. The van der Waals surface area contributed by atoms with Gasteiger partial charge in [-0.25, -0.2) is 0 Å². The third-order valence-corrected chi connectivity index (χ3v) is 4.72. The van der Waals surface area contributed by atoms with Crippen LogP contribution in [0.15, 0.2) is 23.8 Å². The molecule has 17 heavy (non-hydrogen) atoms. The van der Waals surface area contributed by atoms with E-state index in [9.17, 15) is 13.0 Å². The Bertz CT molecular complexity index is 411. The Kier molecular flexibility index (Phi) is 4.91. The van der Waals surface area contributed by atoms with E-state index in [0.29, 0.717) is 19.5 Å². The van der Waals surface area contributed by atoms with E-state index < -0.39 is 15.4 Å². The summed E-state index contributed by atoms with van der Waals surface area (Å²) in [4.78, 5) is 0. The maximum absolute atomic E-state index is 11.4. The van der Waals surface area contributed by atoms with E-state index >= 15 is 0 Å². The lowest BCUT2D eigenvalue weighted by atomic mass is 9.84. The monoisotopic (exact) mass is 259 g/mol. The zero-order chi connectivity index (χ0) is 13.1. The van der Waals surface area contributed by atoms with Crippen LogP contribution in [-0.4, -0.2) is 31.3 Å². The maximum atomic E-state index is 11.4. The van der Waals surface area contributed by atoms with Gasteiger partial charge in [0.05, 0.1) is 5.25 Å². The molecule has 0 heterocycles. The summed E-state index contributed by atoms with van der Waals surface area (Å²) in [6.45, 7) is 8.79. The van der Waals surface area contributed by atoms with Crippen molar-refractivity contribution < 1.29 is 13.0 Å². The molecule has 0 saturated carbocycles. The summed E-state index contributed by atoms with van der Waals surface area (Å²) in [6, 6.07) is 0. The summed E-state index contributed by atoms with van der Waals surface area (Å²) < 4.78 is 32.0. The highest BCUT2D eigenvalue weighted by atomic mass is 32.2. The number of nitrogens with one attached hydrogen (secondary N) is 1. The lowest BCUT2D eigenvalue weighted by Gasteiger charge is -2.31. The van der Waals surface area contributed by atoms with Crippen molar-refractivity contribution in [2.24, 2.45) is 5.92 Å². The van der Waals surface area contributed by atoms with Crippen molar-refractivity contribution in [2.75, 3.05) is 13.1 Å². The van der Waals surface area contributed by atoms with Crippen molar-refractivity contribution in [3.63, 3.8) is 0 Å². The van der Waals surface area contributed by atoms with Crippen LogP contribution in [0.1, 0.15) is 26.7 Å². The van der Waals surface area contributed by atoms with Crippen LogP contribution >= 0.6 is 0 Å². The fourth-order valence-corrected chi connectivity index (χ4v) is 3.40. The van der Waals surface area contributed by atoms with Crippen LogP contribution in [0.25, 0.3) is 0 Å². The summed E-state index contributed by atoms with van der Waals surface area (Å²) in [6.07, 6.45) is 2.89. The third kappa shape index (κ3) is 3.94. The first-order valence-electron chi connectivity index (χ1n) is 5.79. The van der Waals surface area contributed by atoms with Gasteiger partial charge in [0.2, 0.25) is 0 Å².